The SMILES string of the molecule is CCC#CCC.CCC#Cc1ccc(C#CCC)cc1.CCC#Cc1cccc(C#CCC)c1. The highest BCUT2D eigenvalue weighted by atomic mass is 13.9. The van der Waals surface area contributed by atoms with E-state index >= 15 is 0 Å². The molecular formula is C34H38. The van der Waals surface area contributed by atoms with E-state index in [0.717, 1.165) is 60.8 Å². The molecule has 0 saturated heterocycles. The minimum absolute atomic E-state index is 0.894. The molecule has 0 N–H and O–H groups in total. The van der Waals surface area contributed by atoms with Gasteiger partial charge in [0.2, 0.25) is 0 Å². The summed E-state index contributed by atoms with van der Waals surface area (Å²) in [6.45, 7) is 12.3. The summed E-state index contributed by atoms with van der Waals surface area (Å²) in [5.41, 5.74) is 4.23. The Hall–Kier alpha value is -3.76. The lowest BCUT2D eigenvalue weighted by Crippen LogP contribution is -1.77. The number of rotatable bonds is 0. The third kappa shape index (κ3) is 16.9. The van der Waals surface area contributed by atoms with E-state index in [1.54, 1.807) is 0 Å². The Morgan fingerprint density at radius 1 is 0.382 bits per heavy atom. The van der Waals surface area contributed by atoms with E-state index in [-0.39, 0.29) is 0 Å². The van der Waals surface area contributed by atoms with Crippen molar-refractivity contribution in [3.8, 4) is 59.2 Å². The van der Waals surface area contributed by atoms with Crippen LogP contribution in [0.15, 0.2) is 48.5 Å². The van der Waals surface area contributed by atoms with Crippen LogP contribution in [-0.4, -0.2) is 0 Å². The maximum Gasteiger partial charge on any atom is 0.0257 e. The number of benzene rings is 2. The van der Waals surface area contributed by atoms with Crippen LogP contribution in [0.1, 0.15) is 102 Å². The monoisotopic (exact) mass is 446 g/mol. The predicted molar refractivity (Wildman–Crippen MR) is 150 cm³/mol. The Morgan fingerprint density at radius 3 is 0.971 bits per heavy atom. The summed E-state index contributed by atoms with van der Waals surface area (Å²) in [7, 11) is 0. The molecule has 0 atom stereocenters. The van der Waals surface area contributed by atoms with Crippen LogP contribution in [0.5, 0.6) is 0 Å². The van der Waals surface area contributed by atoms with Crippen molar-refractivity contribution in [3.05, 3.63) is 70.8 Å². The van der Waals surface area contributed by atoms with Gasteiger partial charge < -0.3 is 0 Å². The second-order valence-corrected chi connectivity index (χ2v) is 6.84. The van der Waals surface area contributed by atoms with Gasteiger partial charge in [0.15, 0.2) is 0 Å². The summed E-state index contributed by atoms with van der Waals surface area (Å²) in [5, 5.41) is 0. The van der Waals surface area contributed by atoms with Gasteiger partial charge in [-0.2, -0.15) is 0 Å². The first-order valence-electron chi connectivity index (χ1n) is 12.3. The average Bonchev–Trinajstić information content (AvgIpc) is 2.88. The van der Waals surface area contributed by atoms with E-state index in [4.69, 9.17) is 0 Å². The van der Waals surface area contributed by atoms with E-state index < -0.39 is 0 Å². The van der Waals surface area contributed by atoms with Crippen molar-refractivity contribution in [3.63, 3.8) is 0 Å². The minimum atomic E-state index is 0.894. The van der Waals surface area contributed by atoms with Crippen LogP contribution in [0.25, 0.3) is 0 Å². The molecule has 0 radical (unpaired) electrons. The maximum absolute atomic E-state index is 3.09. The lowest BCUT2D eigenvalue weighted by molar-refractivity contribution is 1.23. The molecule has 0 bridgehead atoms. The van der Waals surface area contributed by atoms with Crippen molar-refractivity contribution >= 4 is 0 Å². The zero-order valence-electron chi connectivity index (χ0n) is 21.9. The highest BCUT2D eigenvalue weighted by Crippen LogP contribution is 2.03. The fourth-order valence-corrected chi connectivity index (χ4v) is 2.32. The van der Waals surface area contributed by atoms with Gasteiger partial charge in [-0.1, -0.05) is 95.0 Å². The second kappa shape index (κ2) is 22.4. The van der Waals surface area contributed by atoms with Crippen LogP contribution in [0.3, 0.4) is 0 Å². The van der Waals surface area contributed by atoms with Gasteiger partial charge in [0.05, 0.1) is 0 Å². The van der Waals surface area contributed by atoms with Gasteiger partial charge in [0.25, 0.3) is 0 Å². The van der Waals surface area contributed by atoms with Gasteiger partial charge in [-0.15, -0.1) is 11.8 Å². The Kier molecular flexibility index (Phi) is 20.0. The topological polar surface area (TPSA) is 0 Å². The van der Waals surface area contributed by atoms with Crippen LogP contribution in [-0.2, 0) is 0 Å². The molecule has 0 aliphatic carbocycles. The van der Waals surface area contributed by atoms with Gasteiger partial charge >= 0.3 is 0 Å². The van der Waals surface area contributed by atoms with Crippen molar-refractivity contribution in [1.82, 2.24) is 0 Å². The van der Waals surface area contributed by atoms with Crippen LogP contribution in [0.4, 0.5) is 0 Å². The predicted octanol–water partition coefficient (Wildman–Crippen LogP) is 8.23. The summed E-state index contributed by atoms with van der Waals surface area (Å²) in [5.74, 6) is 30.4. The standard InChI is InChI=1S/2C14H14.C6H10/c1-3-5-8-13-10-7-11-14(12-13)9-6-4-2;1-3-5-7-13-9-11-14(12-10-13)8-6-4-2;1-3-5-6-4-2/h7,10-12H,3-4H2,1-2H3;9-12H,3-4H2,1-2H3;3-4H2,1-2H3. The normalized spacial score (nSPS) is 7.82. The highest BCUT2D eigenvalue weighted by Gasteiger charge is 1.88. The van der Waals surface area contributed by atoms with Gasteiger partial charge in [-0.05, 0) is 42.5 Å². The Bertz CT molecular complexity index is 1030. The van der Waals surface area contributed by atoms with Crippen molar-refractivity contribution in [1.29, 1.82) is 0 Å². The maximum atomic E-state index is 3.09. The van der Waals surface area contributed by atoms with E-state index in [1.807, 2.05) is 76.2 Å². The summed E-state index contributed by atoms with van der Waals surface area (Å²) in [6, 6.07) is 16.1. The van der Waals surface area contributed by atoms with Crippen molar-refractivity contribution < 1.29 is 0 Å². The highest BCUT2D eigenvalue weighted by molar-refractivity contribution is 5.43. The molecule has 0 aliphatic rings. The molecule has 34 heavy (non-hydrogen) atoms. The molecule has 0 spiro atoms. The average molecular weight is 447 g/mol. The molecule has 0 fully saturated rings. The molecule has 2 rings (SSSR count). The first-order chi connectivity index (χ1) is 16.6. The molecule has 174 valence electrons. The van der Waals surface area contributed by atoms with Crippen LogP contribution in [0.2, 0.25) is 0 Å². The van der Waals surface area contributed by atoms with Gasteiger partial charge in [-0.3, -0.25) is 0 Å². The molecule has 0 heteroatoms. The van der Waals surface area contributed by atoms with E-state index in [0.29, 0.717) is 0 Å². The first kappa shape index (κ1) is 30.2. The van der Waals surface area contributed by atoms with E-state index in [9.17, 15) is 0 Å². The van der Waals surface area contributed by atoms with Gasteiger partial charge in [0, 0.05) is 60.8 Å². The largest absolute Gasteiger partial charge is 0.104 e. The van der Waals surface area contributed by atoms with Crippen LogP contribution < -0.4 is 0 Å². The Morgan fingerprint density at radius 2 is 0.676 bits per heavy atom. The second-order valence-electron chi connectivity index (χ2n) is 6.84. The summed E-state index contributed by atoms with van der Waals surface area (Å²) in [6.07, 6.45) is 5.58. The van der Waals surface area contributed by atoms with Crippen molar-refractivity contribution in [2.75, 3.05) is 0 Å². The third-order valence-electron chi connectivity index (χ3n) is 3.86. The lowest BCUT2D eigenvalue weighted by atomic mass is 10.1. The molecular weight excluding hydrogens is 408 g/mol. The molecule has 0 amide bonds. The minimum Gasteiger partial charge on any atom is -0.104 e. The zero-order chi connectivity index (χ0) is 25.3. The summed E-state index contributed by atoms with van der Waals surface area (Å²) in [4.78, 5) is 0. The van der Waals surface area contributed by atoms with Gasteiger partial charge in [0.1, 0.15) is 0 Å². The zero-order valence-corrected chi connectivity index (χ0v) is 21.9. The van der Waals surface area contributed by atoms with Crippen LogP contribution >= 0.6 is 0 Å². The Balaban J connectivity index is 0.000000521. The molecule has 0 nitrogen and oxygen atoms in total. The van der Waals surface area contributed by atoms with Crippen LogP contribution in [0, 0.1) is 59.2 Å². The molecule has 2 aromatic rings. The molecule has 2 aromatic carbocycles. The quantitative estimate of drug-likeness (QED) is 0.358. The first-order valence-corrected chi connectivity index (χ1v) is 12.3. The summed E-state index contributed by atoms with van der Waals surface area (Å²) >= 11 is 0. The molecule has 0 aliphatic heterocycles. The molecule has 0 saturated carbocycles. The smallest absolute Gasteiger partial charge is 0.0257 e. The number of hydrogen-bond donors (Lipinski definition) is 0. The molecule has 0 aromatic heterocycles. The fraction of sp³-hybridized carbons (Fsp3) is 0.353. The fourth-order valence-electron chi connectivity index (χ4n) is 2.32. The van der Waals surface area contributed by atoms with Gasteiger partial charge in [-0.25, -0.2) is 0 Å². The van der Waals surface area contributed by atoms with Crippen molar-refractivity contribution in [2.24, 2.45) is 0 Å². The summed E-state index contributed by atoms with van der Waals surface area (Å²) < 4.78 is 0. The molecule has 0 heterocycles. The lowest BCUT2D eigenvalue weighted by Gasteiger charge is -1.91. The number of hydrogen-bond acceptors (Lipinski definition) is 0. The third-order valence-corrected chi connectivity index (χ3v) is 3.86. The van der Waals surface area contributed by atoms with Crippen molar-refractivity contribution in [2.45, 2.75) is 80.1 Å². The molecule has 0 unspecified atom stereocenters. The van der Waals surface area contributed by atoms with E-state index in [1.165, 1.54) is 0 Å². The Labute approximate surface area is 210 Å². The van der Waals surface area contributed by atoms with E-state index in [2.05, 4.69) is 73.1 Å².